The van der Waals surface area contributed by atoms with Crippen molar-refractivity contribution in [1.29, 1.82) is 0 Å². The zero-order valence-electron chi connectivity index (χ0n) is 18.3. The third-order valence-corrected chi connectivity index (χ3v) is 6.65. The number of carbonyl (C=O) groups excluding carboxylic acids is 1. The van der Waals surface area contributed by atoms with Gasteiger partial charge in [-0.25, -0.2) is 9.18 Å². The van der Waals surface area contributed by atoms with Gasteiger partial charge in [-0.1, -0.05) is 6.92 Å². The topological polar surface area (TPSA) is 104 Å². The molecule has 174 valence electrons. The van der Waals surface area contributed by atoms with E-state index in [4.69, 9.17) is 4.74 Å². The first-order valence-electron chi connectivity index (χ1n) is 11.2. The fraction of sp³-hybridized carbons (Fsp3) is 0.565. The van der Waals surface area contributed by atoms with Crippen molar-refractivity contribution in [2.24, 2.45) is 5.41 Å². The van der Waals surface area contributed by atoms with Crippen LogP contribution >= 0.6 is 0 Å². The summed E-state index contributed by atoms with van der Waals surface area (Å²) in [4.78, 5) is 27.9. The molecule has 0 bridgehead atoms. The number of rotatable bonds is 8. The molecule has 3 N–H and O–H groups in total. The smallest absolute Gasteiger partial charge is 0.343 e. The fourth-order valence-corrected chi connectivity index (χ4v) is 4.07. The predicted octanol–water partition coefficient (Wildman–Crippen LogP) is 1.42. The number of carbonyl (C=O) groups is 1. The van der Waals surface area contributed by atoms with Crippen LogP contribution in [0.4, 0.5) is 10.1 Å². The van der Waals surface area contributed by atoms with Gasteiger partial charge in [0.2, 0.25) is 5.43 Å². The largest absolute Gasteiger partial charge is 0.461 e. The van der Waals surface area contributed by atoms with Crippen molar-refractivity contribution in [2.45, 2.75) is 32.2 Å². The number of hydrogen-bond donors (Lipinski definition) is 3. The summed E-state index contributed by atoms with van der Waals surface area (Å²) in [5.74, 6) is -1.33. The van der Waals surface area contributed by atoms with Crippen LogP contribution in [0.25, 0.3) is 10.9 Å². The van der Waals surface area contributed by atoms with Gasteiger partial charge in [-0.15, -0.1) is 0 Å². The van der Waals surface area contributed by atoms with Gasteiger partial charge in [-0.05, 0) is 31.4 Å². The number of pyridine rings is 1. The van der Waals surface area contributed by atoms with E-state index in [1.807, 2.05) is 9.47 Å². The van der Waals surface area contributed by atoms with E-state index in [2.05, 4.69) is 5.32 Å². The monoisotopic (exact) mass is 447 g/mol. The summed E-state index contributed by atoms with van der Waals surface area (Å²) in [6, 6.07) is 3.09. The molecule has 1 saturated heterocycles. The molecule has 1 aromatic heterocycles. The molecule has 1 aliphatic carbocycles. The highest BCUT2D eigenvalue weighted by atomic mass is 19.1. The molecule has 2 aliphatic rings. The number of ether oxygens (including phenoxy) is 1. The molecule has 1 saturated carbocycles. The Morgan fingerprint density at radius 3 is 2.53 bits per heavy atom. The summed E-state index contributed by atoms with van der Waals surface area (Å²) in [6.07, 6.45) is 3.74. The van der Waals surface area contributed by atoms with Crippen LogP contribution in [0.2, 0.25) is 0 Å². The molecule has 0 unspecified atom stereocenters. The average Bonchev–Trinajstić information content (AvgIpc) is 3.66. The van der Waals surface area contributed by atoms with Crippen molar-refractivity contribution in [2.75, 3.05) is 50.9 Å². The molecule has 0 spiro atoms. The average molecular weight is 448 g/mol. The molecule has 0 atom stereocenters. The fourth-order valence-electron chi connectivity index (χ4n) is 4.07. The molecule has 1 aliphatic heterocycles. The number of hydrogen-bond acceptors (Lipinski definition) is 7. The van der Waals surface area contributed by atoms with E-state index >= 15 is 4.39 Å². The van der Waals surface area contributed by atoms with Crippen LogP contribution in [-0.2, 0) is 4.74 Å². The van der Waals surface area contributed by atoms with E-state index < -0.39 is 22.6 Å². The summed E-state index contributed by atoms with van der Waals surface area (Å²) in [5, 5.41) is 22.5. The minimum Gasteiger partial charge on any atom is -0.461 e. The maximum absolute atomic E-state index is 15.0. The third kappa shape index (κ3) is 4.24. The van der Waals surface area contributed by atoms with Crippen LogP contribution in [0.5, 0.6) is 0 Å². The highest BCUT2D eigenvalue weighted by molar-refractivity contribution is 5.94. The first kappa shape index (κ1) is 22.7. The number of anilines is 1. The van der Waals surface area contributed by atoms with Crippen molar-refractivity contribution in [3.8, 4) is 0 Å². The number of aromatic nitrogens is 1. The van der Waals surface area contributed by atoms with Crippen molar-refractivity contribution in [1.82, 2.24) is 9.88 Å². The number of esters is 1. The lowest BCUT2D eigenvalue weighted by Crippen LogP contribution is -2.43. The number of benzene rings is 1. The first-order valence-corrected chi connectivity index (χ1v) is 11.2. The number of aliphatic hydroxyl groups excluding tert-OH is 2. The summed E-state index contributed by atoms with van der Waals surface area (Å²) < 4.78 is 22.2. The Balaban J connectivity index is 1.73. The molecule has 2 heterocycles. The zero-order chi connectivity index (χ0) is 22.9. The standard InChI is InChI=1S/C23H30FN3O5/c1-2-23(12-28,13-29)14-32-22(31)17-11-27(15-3-4-15)19-10-20(26-7-5-25-6-8-26)18(24)9-16(19)21(17)30/h9-11,15,25,28-29H,2-8,12-14H2,1H3. The van der Waals surface area contributed by atoms with Gasteiger partial charge in [0.25, 0.3) is 0 Å². The molecule has 4 rings (SSSR count). The maximum Gasteiger partial charge on any atom is 0.343 e. The molecular formula is C23H30FN3O5. The molecule has 1 aromatic carbocycles. The Hall–Kier alpha value is -2.49. The van der Waals surface area contributed by atoms with Crippen LogP contribution in [0.3, 0.4) is 0 Å². The molecule has 2 fully saturated rings. The molecule has 0 amide bonds. The van der Waals surface area contributed by atoms with Gasteiger partial charge in [0.05, 0.1) is 29.8 Å². The molecule has 0 radical (unpaired) electrons. The maximum atomic E-state index is 15.0. The molecule has 32 heavy (non-hydrogen) atoms. The van der Waals surface area contributed by atoms with Gasteiger partial charge < -0.3 is 29.7 Å². The number of piperazine rings is 1. The quantitative estimate of drug-likeness (QED) is 0.526. The normalized spacial score (nSPS) is 17.1. The van der Waals surface area contributed by atoms with Crippen molar-refractivity contribution in [3.05, 3.63) is 39.9 Å². The lowest BCUT2D eigenvalue weighted by Gasteiger charge is -2.30. The second kappa shape index (κ2) is 9.17. The van der Waals surface area contributed by atoms with Crippen molar-refractivity contribution < 1.29 is 24.1 Å². The van der Waals surface area contributed by atoms with Crippen LogP contribution in [0.15, 0.2) is 23.1 Å². The Bertz CT molecular complexity index is 1050. The van der Waals surface area contributed by atoms with Gasteiger partial charge in [-0.2, -0.15) is 0 Å². The summed E-state index contributed by atoms with van der Waals surface area (Å²) >= 11 is 0. The van der Waals surface area contributed by atoms with Crippen LogP contribution in [0.1, 0.15) is 42.6 Å². The van der Waals surface area contributed by atoms with Gasteiger partial charge in [0, 0.05) is 43.8 Å². The summed E-state index contributed by atoms with van der Waals surface area (Å²) in [7, 11) is 0. The first-order chi connectivity index (χ1) is 15.4. The van der Waals surface area contributed by atoms with Crippen LogP contribution < -0.4 is 15.6 Å². The number of halogens is 1. The number of fused-ring (bicyclic) bond motifs is 1. The predicted molar refractivity (Wildman–Crippen MR) is 119 cm³/mol. The highest BCUT2D eigenvalue weighted by Gasteiger charge is 2.31. The lowest BCUT2D eigenvalue weighted by molar-refractivity contribution is -0.0177. The summed E-state index contributed by atoms with van der Waals surface area (Å²) in [5.41, 5.74) is -0.645. The summed E-state index contributed by atoms with van der Waals surface area (Å²) in [6.45, 7) is 3.73. The molecule has 2 aromatic rings. The Morgan fingerprint density at radius 2 is 1.94 bits per heavy atom. The second-order valence-corrected chi connectivity index (χ2v) is 8.81. The van der Waals surface area contributed by atoms with Gasteiger partial charge in [0.15, 0.2) is 0 Å². The number of nitrogens with zero attached hydrogens (tertiary/aromatic N) is 2. The van der Waals surface area contributed by atoms with E-state index in [9.17, 15) is 19.8 Å². The second-order valence-electron chi connectivity index (χ2n) is 8.81. The van der Waals surface area contributed by atoms with Crippen molar-refractivity contribution >= 4 is 22.6 Å². The van der Waals surface area contributed by atoms with E-state index in [1.165, 1.54) is 12.3 Å². The molecule has 8 nitrogen and oxygen atoms in total. The Morgan fingerprint density at radius 1 is 1.25 bits per heavy atom. The SMILES string of the molecule is CCC(CO)(CO)COC(=O)c1cn(C2CC2)c2cc(N3CCNCC3)c(F)cc2c1=O. The molecular weight excluding hydrogens is 417 g/mol. The van der Waals surface area contributed by atoms with Gasteiger partial charge >= 0.3 is 5.97 Å². The van der Waals surface area contributed by atoms with Crippen LogP contribution in [0, 0.1) is 11.2 Å². The van der Waals surface area contributed by atoms with E-state index in [1.54, 1.807) is 13.0 Å². The number of aliphatic hydroxyl groups is 2. The van der Waals surface area contributed by atoms with E-state index in [0.717, 1.165) is 25.9 Å². The lowest BCUT2D eigenvalue weighted by atomic mass is 9.88. The van der Waals surface area contributed by atoms with Crippen molar-refractivity contribution in [3.63, 3.8) is 0 Å². The Labute approximate surface area is 185 Å². The zero-order valence-corrected chi connectivity index (χ0v) is 18.3. The molecule has 9 heteroatoms. The highest BCUT2D eigenvalue weighted by Crippen LogP contribution is 2.38. The van der Waals surface area contributed by atoms with Crippen LogP contribution in [-0.4, -0.2) is 66.7 Å². The number of nitrogens with one attached hydrogen (secondary N) is 1. The van der Waals surface area contributed by atoms with E-state index in [0.29, 0.717) is 30.7 Å². The third-order valence-electron chi connectivity index (χ3n) is 6.65. The van der Waals surface area contributed by atoms with E-state index in [-0.39, 0.29) is 36.8 Å². The van der Waals surface area contributed by atoms with Gasteiger partial charge in [-0.3, -0.25) is 4.79 Å². The Kier molecular flexibility index (Phi) is 6.50. The van der Waals surface area contributed by atoms with Gasteiger partial charge in [0.1, 0.15) is 18.0 Å². The minimum absolute atomic E-state index is 0.147. The minimum atomic E-state index is -0.966.